The van der Waals surface area contributed by atoms with E-state index in [4.69, 9.17) is 4.74 Å². The van der Waals surface area contributed by atoms with Crippen molar-refractivity contribution < 1.29 is 19.7 Å². The molecule has 2 rings (SSSR count). The van der Waals surface area contributed by atoms with E-state index in [-0.39, 0.29) is 48.0 Å². The fraction of sp³-hybridized carbons (Fsp3) is 0.824. The molecule has 2 N–H and O–H groups in total. The van der Waals surface area contributed by atoms with Crippen molar-refractivity contribution in [3.8, 4) is 0 Å². The molecular formula is C17H28O4. The smallest absolute Gasteiger partial charge is 0.302 e. The van der Waals surface area contributed by atoms with Crippen LogP contribution in [-0.2, 0) is 9.53 Å². The molecule has 0 aliphatic heterocycles. The zero-order valence-corrected chi connectivity index (χ0v) is 13.3. The summed E-state index contributed by atoms with van der Waals surface area (Å²) in [5.74, 6) is -0.116. The molecule has 2 aliphatic rings. The van der Waals surface area contributed by atoms with Crippen LogP contribution in [0.15, 0.2) is 12.2 Å². The van der Waals surface area contributed by atoms with Gasteiger partial charge in [0.25, 0.3) is 0 Å². The van der Waals surface area contributed by atoms with Crippen LogP contribution in [0.4, 0.5) is 0 Å². The van der Waals surface area contributed by atoms with Gasteiger partial charge in [0.05, 0.1) is 6.10 Å². The third-order valence-electron chi connectivity index (χ3n) is 5.74. The molecule has 0 aromatic heterocycles. The highest BCUT2D eigenvalue weighted by Gasteiger charge is 2.55. The minimum absolute atomic E-state index is 0.0158. The number of carbonyl (C=O) groups excluding carboxylic acids is 1. The predicted octanol–water partition coefficient (Wildman–Crippen LogP) is 2.29. The molecule has 6 atom stereocenters. The second-order valence-corrected chi connectivity index (χ2v) is 7.13. The molecular weight excluding hydrogens is 268 g/mol. The van der Waals surface area contributed by atoms with Crippen molar-refractivity contribution in [2.75, 3.05) is 6.61 Å². The van der Waals surface area contributed by atoms with Crippen molar-refractivity contribution in [1.82, 2.24) is 0 Å². The number of esters is 1. The number of aliphatic hydroxyl groups excluding tert-OH is 2. The molecule has 4 heteroatoms. The van der Waals surface area contributed by atoms with Crippen molar-refractivity contribution in [1.29, 1.82) is 0 Å². The van der Waals surface area contributed by atoms with Gasteiger partial charge in [0.1, 0.15) is 6.10 Å². The lowest BCUT2D eigenvalue weighted by atomic mass is 9.53. The summed E-state index contributed by atoms with van der Waals surface area (Å²) in [6.45, 7) is 9.78. The summed E-state index contributed by atoms with van der Waals surface area (Å²) in [5, 5.41) is 20.0. The molecule has 0 amide bonds. The maximum absolute atomic E-state index is 11.6. The minimum Gasteiger partial charge on any atom is -0.462 e. The largest absolute Gasteiger partial charge is 0.462 e. The highest BCUT2D eigenvalue weighted by atomic mass is 16.5. The summed E-state index contributed by atoms with van der Waals surface area (Å²) < 4.78 is 5.66. The minimum atomic E-state index is -0.378. The Labute approximate surface area is 127 Å². The van der Waals surface area contributed by atoms with Gasteiger partial charge in [-0.1, -0.05) is 26.0 Å². The van der Waals surface area contributed by atoms with Crippen molar-refractivity contribution in [3.05, 3.63) is 12.2 Å². The first kappa shape index (κ1) is 16.5. The molecule has 120 valence electrons. The molecule has 2 aliphatic carbocycles. The lowest BCUT2D eigenvalue weighted by Crippen LogP contribution is -2.56. The van der Waals surface area contributed by atoms with Crippen LogP contribution >= 0.6 is 0 Å². The summed E-state index contributed by atoms with van der Waals surface area (Å²) in [4.78, 5) is 11.6. The SMILES string of the molecule is C=C1CC[C@@H](O)[C@]2(C)CC[C@@H]([C@H](C)CO)[C@H](OC(C)=O)C12. The highest BCUT2D eigenvalue weighted by molar-refractivity contribution is 5.66. The van der Waals surface area contributed by atoms with Crippen LogP contribution in [0.3, 0.4) is 0 Å². The van der Waals surface area contributed by atoms with Crippen LogP contribution in [0, 0.1) is 23.2 Å². The Morgan fingerprint density at radius 3 is 2.76 bits per heavy atom. The molecule has 21 heavy (non-hydrogen) atoms. The molecule has 2 fully saturated rings. The number of hydrogen-bond donors (Lipinski definition) is 2. The summed E-state index contributed by atoms with van der Waals surface area (Å²) in [7, 11) is 0. The van der Waals surface area contributed by atoms with E-state index in [9.17, 15) is 15.0 Å². The Kier molecular flexibility index (Phi) is 4.79. The zero-order valence-electron chi connectivity index (χ0n) is 13.3. The molecule has 0 spiro atoms. The van der Waals surface area contributed by atoms with Gasteiger partial charge in [0, 0.05) is 30.8 Å². The fourth-order valence-corrected chi connectivity index (χ4v) is 4.39. The Hall–Kier alpha value is -0.870. The average molecular weight is 296 g/mol. The predicted molar refractivity (Wildman–Crippen MR) is 80.5 cm³/mol. The zero-order chi connectivity index (χ0) is 15.8. The van der Waals surface area contributed by atoms with E-state index in [0.29, 0.717) is 0 Å². The van der Waals surface area contributed by atoms with Gasteiger partial charge in [-0.25, -0.2) is 0 Å². The van der Waals surface area contributed by atoms with Crippen molar-refractivity contribution >= 4 is 5.97 Å². The summed E-state index contributed by atoms with van der Waals surface area (Å²) >= 11 is 0. The van der Waals surface area contributed by atoms with Gasteiger partial charge < -0.3 is 14.9 Å². The van der Waals surface area contributed by atoms with E-state index in [0.717, 1.165) is 31.3 Å². The van der Waals surface area contributed by atoms with E-state index < -0.39 is 0 Å². The Balaban J connectivity index is 2.36. The van der Waals surface area contributed by atoms with Crippen molar-refractivity contribution in [2.45, 2.75) is 58.7 Å². The standard InChI is InChI=1S/C17H28O4/c1-10-5-6-14(20)17(4)8-7-13(11(2)9-18)16(15(10)17)21-12(3)19/h11,13-16,18,20H,1,5-9H2,2-4H3/t11-,13+,14-,15?,16+,17+/m1/s1. The van der Waals surface area contributed by atoms with E-state index in [1.807, 2.05) is 6.92 Å². The van der Waals surface area contributed by atoms with Gasteiger partial charge in [-0.3, -0.25) is 4.79 Å². The van der Waals surface area contributed by atoms with Crippen LogP contribution in [0.25, 0.3) is 0 Å². The summed E-state index contributed by atoms with van der Waals surface area (Å²) in [6.07, 6.45) is 2.59. The first-order chi connectivity index (χ1) is 9.81. The first-order valence-corrected chi connectivity index (χ1v) is 7.95. The van der Waals surface area contributed by atoms with Gasteiger partial charge in [-0.15, -0.1) is 0 Å². The Morgan fingerprint density at radius 2 is 2.19 bits per heavy atom. The van der Waals surface area contributed by atoms with Crippen molar-refractivity contribution in [2.24, 2.45) is 23.2 Å². The van der Waals surface area contributed by atoms with Crippen LogP contribution < -0.4 is 0 Å². The number of hydrogen-bond acceptors (Lipinski definition) is 4. The molecule has 0 saturated heterocycles. The Morgan fingerprint density at radius 1 is 1.52 bits per heavy atom. The van der Waals surface area contributed by atoms with Gasteiger partial charge >= 0.3 is 5.97 Å². The molecule has 0 radical (unpaired) electrons. The fourth-order valence-electron chi connectivity index (χ4n) is 4.39. The van der Waals surface area contributed by atoms with Crippen molar-refractivity contribution in [3.63, 3.8) is 0 Å². The van der Waals surface area contributed by atoms with Crippen LogP contribution in [0.5, 0.6) is 0 Å². The quantitative estimate of drug-likeness (QED) is 0.619. The molecule has 0 heterocycles. The van der Waals surface area contributed by atoms with Gasteiger partial charge in [-0.05, 0) is 31.6 Å². The van der Waals surface area contributed by atoms with Gasteiger partial charge in [0.15, 0.2) is 0 Å². The first-order valence-electron chi connectivity index (χ1n) is 7.95. The van der Waals surface area contributed by atoms with E-state index in [1.54, 1.807) is 0 Å². The van der Waals surface area contributed by atoms with Crippen LogP contribution in [0.1, 0.15) is 46.5 Å². The van der Waals surface area contributed by atoms with Crippen LogP contribution in [0.2, 0.25) is 0 Å². The normalized spacial score (nSPS) is 41.3. The van der Waals surface area contributed by atoms with E-state index >= 15 is 0 Å². The molecule has 4 nitrogen and oxygen atoms in total. The maximum atomic E-state index is 11.6. The molecule has 2 saturated carbocycles. The molecule has 0 bridgehead atoms. The maximum Gasteiger partial charge on any atom is 0.302 e. The summed E-state index contributed by atoms with van der Waals surface area (Å²) in [5.41, 5.74) is 0.796. The highest BCUT2D eigenvalue weighted by Crippen LogP contribution is 2.55. The third kappa shape index (κ3) is 2.88. The van der Waals surface area contributed by atoms with Gasteiger partial charge in [-0.2, -0.15) is 0 Å². The summed E-state index contributed by atoms with van der Waals surface area (Å²) in [6, 6.07) is 0. The van der Waals surface area contributed by atoms with Gasteiger partial charge in [0.2, 0.25) is 0 Å². The number of aliphatic hydroxyl groups is 2. The second kappa shape index (κ2) is 6.09. The second-order valence-electron chi connectivity index (χ2n) is 7.13. The number of ether oxygens (including phenoxy) is 1. The number of fused-ring (bicyclic) bond motifs is 1. The molecule has 0 aromatic carbocycles. The lowest BCUT2D eigenvalue weighted by Gasteiger charge is -2.55. The molecule has 0 aromatic rings. The van der Waals surface area contributed by atoms with E-state index in [1.165, 1.54) is 6.92 Å². The third-order valence-corrected chi connectivity index (χ3v) is 5.74. The monoisotopic (exact) mass is 296 g/mol. The topological polar surface area (TPSA) is 66.8 Å². The lowest BCUT2D eigenvalue weighted by molar-refractivity contribution is -0.173. The van der Waals surface area contributed by atoms with Crippen LogP contribution in [-0.4, -0.2) is 35.0 Å². The average Bonchev–Trinajstić information content (AvgIpc) is 2.42. The number of rotatable bonds is 3. The number of carbonyl (C=O) groups is 1. The molecule has 1 unspecified atom stereocenters. The Bertz CT molecular complexity index is 419. The van der Waals surface area contributed by atoms with E-state index in [2.05, 4.69) is 13.5 Å².